The first-order valence-electron chi connectivity index (χ1n) is 9.44. The van der Waals surface area contributed by atoms with Gasteiger partial charge in [0.2, 0.25) is 11.8 Å². The molecule has 172 valence electrons. The number of pyridine rings is 1. The van der Waals surface area contributed by atoms with Crippen LogP contribution in [0.15, 0.2) is 18.3 Å². The standard InChI is InChI=1S/C18H22F5N5O3/c1-31-8-11(28-7-12(18(21,22)23)26-16(28)30)9-2-3-25-13(4-9)27-15(29)14(24)10-5-17(19,20)6-10/h2-4,10-12,14H,5-8,24H2,1H3,(H,26,30)(H,25,27,29)/t11-,12+,14-/m1/s1. The van der Waals surface area contributed by atoms with E-state index >= 15 is 0 Å². The summed E-state index contributed by atoms with van der Waals surface area (Å²) < 4.78 is 70.1. The fraction of sp³-hybridized carbons (Fsp3) is 0.611. The van der Waals surface area contributed by atoms with Gasteiger partial charge in [-0.1, -0.05) is 0 Å². The predicted molar refractivity (Wildman–Crippen MR) is 98.2 cm³/mol. The largest absolute Gasteiger partial charge is 0.410 e. The van der Waals surface area contributed by atoms with Gasteiger partial charge < -0.3 is 26.0 Å². The molecule has 3 atom stereocenters. The lowest BCUT2D eigenvalue weighted by Crippen LogP contribution is -2.51. The molecule has 1 aliphatic carbocycles. The molecular formula is C18H22F5N5O3. The van der Waals surface area contributed by atoms with E-state index in [0.717, 1.165) is 4.90 Å². The maximum Gasteiger partial charge on any atom is 0.410 e. The Morgan fingerprint density at radius 3 is 2.68 bits per heavy atom. The summed E-state index contributed by atoms with van der Waals surface area (Å²) in [4.78, 5) is 29.4. The molecule has 0 spiro atoms. The van der Waals surface area contributed by atoms with Gasteiger partial charge >= 0.3 is 12.2 Å². The molecule has 0 radical (unpaired) electrons. The number of ether oxygens (including phenoxy) is 1. The van der Waals surface area contributed by atoms with Crippen LogP contribution in [0.4, 0.5) is 32.6 Å². The van der Waals surface area contributed by atoms with Crippen LogP contribution in [0.1, 0.15) is 24.4 Å². The van der Waals surface area contributed by atoms with Crippen LogP contribution in [0.25, 0.3) is 0 Å². The summed E-state index contributed by atoms with van der Waals surface area (Å²) in [5.41, 5.74) is 6.12. The molecule has 0 aromatic carbocycles. The van der Waals surface area contributed by atoms with Crippen LogP contribution in [-0.2, 0) is 9.53 Å². The quantitative estimate of drug-likeness (QED) is 0.550. The van der Waals surface area contributed by atoms with Gasteiger partial charge in [0.05, 0.1) is 25.2 Å². The van der Waals surface area contributed by atoms with Crippen LogP contribution < -0.4 is 16.4 Å². The molecule has 0 unspecified atom stereocenters. The molecule has 31 heavy (non-hydrogen) atoms. The molecule has 13 heteroatoms. The Balaban J connectivity index is 1.72. The van der Waals surface area contributed by atoms with Crippen molar-refractivity contribution in [3.05, 3.63) is 23.9 Å². The maximum atomic E-state index is 13.0. The van der Waals surface area contributed by atoms with Crippen LogP contribution in [0.5, 0.6) is 0 Å². The Kier molecular flexibility index (Phi) is 6.37. The van der Waals surface area contributed by atoms with Crippen molar-refractivity contribution in [2.24, 2.45) is 11.7 Å². The van der Waals surface area contributed by atoms with Crippen molar-refractivity contribution in [3.8, 4) is 0 Å². The molecular weight excluding hydrogens is 429 g/mol. The second-order valence-corrected chi connectivity index (χ2v) is 7.68. The number of nitrogens with zero attached hydrogens (tertiary/aromatic N) is 2. The second kappa shape index (κ2) is 8.54. The Morgan fingerprint density at radius 1 is 1.45 bits per heavy atom. The van der Waals surface area contributed by atoms with E-state index in [-0.39, 0.29) is 12.4 Å². The van der Waals surface area contributed by atoms with Gasteiger partial charge in [-0.25, -0.2) is 18.6 Å². The molecule has 1 saturated carbocycles. The van der Waals surface area contributed by atoms with Crippen LogP contribution in [0, 0.1) is 5.92 Å². The summed E-state index contributed by atoms with van der Waals surface area (Å²) in [6.07, 6.45) is -4.26. The first-order valence-corrected chi connectivity index (χ1v) is 9.44. The monoisotopic (exact) mass is 451 g/mol. The number of anilines is 1. The lowest BCUT2D eigenvalue weighted by atomic mass is 9.76. The van der Waals surface area contributed by atoms with E-state index < -0.39 is 67.5 Å². The fourth-order valence-corrected chi connectivity index (χ4v) is 3.64. The number of aromatic nitrogens is 1. The number of carbonyl (C=O) groups excluding carboxylic acids is 2. The molecule has 1 aromatic rings. The van der Waals surface area contributed by atoms with E-state index in [1.807, 2.05) is 5.32 Å². The molecule has 8 nitrogen and oxygen atoms in total. The Labute approximate surface area is 174 Å². The van der Waals surface area contributed by atoms with Crippen molar-refractivity contribution in [1.82, 2.24) is 15.2 Å². The zero-order valence-corrected chi connectivity index (χ0v) is 16.5. The number of urea groups is 1. The van der Waals surface area contributed by atoms with Crippen molar-refractivity contribution in [2.45, 2.75) is 43.1 Å². The third kappa shape index (κ3) is 5.21. The Morgan fingerprint density at radius 2 is 2.13 bits per heavy atom. The normalized spacial score (nSPS) is 23.1. The average molecular weight is 451 g/mol. The van der Waals surface area contributed by atoms with Gasteiger partial charge in [-0.05, 0) is 23.6 Å². The molecule has 1 saturated heterocycles. The molecule has 4 N–H and O–H groups in total. The number of nitrogens with one attached hydrogen (secondary N) is 2. The Bertz CT molecular complexity index is 829. The molecule has 3 rings (SSSR count). The van der Waals surface area contributed by atoms with Gasteiger partial charge in [0.25, 0.3) is 0 Å². The van der Waals surface area contributed by atoms with Gasteiger partial charge in [-0.2, -0.15) is 13.2 Å². The first kappa shape index (κ1) is 23.1. The van der Waals surface area contributed by atoms with Gasteiger partial charge in [-0.3, -0.25) is 4.79 Å². The first-order chi connectivity index (χ1) is 14.4. The summed E-state index contributed by atoms with van der Waals surface area (Å²) in [5, 5.41) is 4.32. The number of rotatable bonds is 7. The number of carbonyl (C=O) groups is 2. The minimum atomic E-state index is -4.60. The number of hydrogen-bond acceptors (Lipinski definition) is 5. The summed E-state index contributed by atoms with van der Waals surface area (Å²) >= 11 is 0. The van der Waals surface area contributed by atoms with E-state index in [4.69, 9.17) is 10.5 Å². The van der Waals surface area contributed by atoms with Crippen molar-refractivity contribution in [3.63, 3.8) is 0 Å². The number of methoxy groups -OCH3 is 1. The third-order valence-electron chi connectivity index (χ3n) is 5.39. The summed E-state index contributed by atoms with van der Waals surface area (Å²) in [6, 6.07) is -2.11. The van der Waals surface area contributed by atoms with E-state index in [9.17, 15) is 31.5 Å². The van der Waals surface area contributed by atoms with E-state index in [1.165, 1.54) is 25.4 Å². The molecule has 2 heterocycles. The highest BCUT2D eigenvalue weighted by molar-refractivity contribution is 5.94. The van der Waals surface area contributed by atoms with Crippen LogP contribution in [0.3, 0.4) is 0 Å². The summed E-state index contributed by atoms with van der Waals surface area (Å²) in [7, 11) is 1.33. The fourth-order valence-electron chi connectivity index (χ4n) is 3.64. The molecule has 3 amide bonds. The summed E-state index contributed by atoms with van der Waals surface area (Å²) in [5.74, 6) is -4.16. The third-order valence-corrected chi connectivity index (χ3v) is 5.39. The minimum absolute atomic E-state index is 0.0251. The topological polar surface area (TPSA) is 110 Å². The molecule has 2 fully saturated rings. The zero-order valence-electron chi connectivity index (χ0n) is 16.5. The van der Waals surface area contributed by atoms with E-state index in [1.54, 1.807) is 0 Å². The van der Waals surface area contributed by atoms with Gasteiger partial charge in [0.15, 0.2) is 0 Å². The van der Waals surface area contributed by atoms with Crippen LogP contribution in [-0.4, -0.2) is 66.3 Å². The van der Waals surface area contributed by atoms with Crippen LogP contribution in [0.2, 0.25) is 0 Å². The van der Waals surface area contributed by atoms with Crippen LogP contribution >= 0.6 is 0 Å². The van der Waals surface area contributed by atoms with Gasteiger partial charge in [0, 0.05) is 26.1 Å². The second-order valence-electron chi connectivity index (χ2n) is 7.68. The number of amides is 3. The molecule has 0 bridgehead atoms. The number of halogens is 5. The summed E-state index contributed by atoms with van der Waals surface area (Å²) in [6.45, 7) is -0.715. The van der Waals surface area contributed by atoms with E-state index in [2.05, 4.69) is 10.3 Å². The van der Waals surface area contributed by atoms with Gasteiger partial charge in [-0.15, -0.1) is 0 Å². The number of alkyl halides is 5. The van der Waals surface area contributed by atoms with Gasteiger partial charge in [0.1, 0.15) is 11.9 Å². The van der Waals surface area contributed by atoms with Crippen molar-refractivity contribution >= 4 is 17.8 Å². The predicted octanol–water partition coefficient (Wildman–Crippen LogP) is 2.04. The molecule has 1 aliphatic heterocycles. The van der Waals surface area contributed by atoms with Crippen molar-refractivity contribution < 1.29 is 36.3 Å². The average Bonchev–Trinajstić information content (AvgIpc) is 3.05. The highest BCUT2D eigenvalue weighted by atomic mass is 19.4. The SMILES string of the molecule is COC[C@H](c1ccnc(NC(=O)[C@H](N)C2CC(F)(F)C2)c1)N1C[C@@H](C(F)(F)F)NC1=O. The Hall–Kier alpha value is -2.54. The number of nitrogens with two attached hydrogens (primary N) is 1. The number of hydrogen-bond donors (Lipinski definition) is 3. The van der Waals surface area contributed by atoms with E-state index in [0.29, 0.717) is 5.56 Å². The minimum Gasteiger partial charge on any atom is -0.382 e. The van der Waals surface area contributed by atoms with Crippen molar-refractivity contribution in [2.75, 3.05) is 25.6 Å². The highest BCUT2D eigenvalue weighted by Crippen LogP contribution is 2.43. The van der Waals surface area contributed by atoms with Crippen molar-refractivity contribution in [1.29, 1.82) is 0 Å². The zero-order chi connectivity index (χ0) is 23.0. The molecule has 2 aliphatic rings. The smallest absolute Gasteiger partial charge is 0.382 e. The highest BCUT2D eigenvalue weighted by Gasteiger charge is 2.50. The lowest BCUT2D eigenvalue weighted by Gasteiger charge is -2.37. The maximum absolute atomic E-state index is 13.0. The molecule has 1 aromatic heterocycles. The lowest BCUT2D eigenvalue weighted by molar-refractivity contribution is -0.150.